The van der Waals surface area contributed by atoms with Crippen LogP contribution in [0.1, 0.15) is 40.5 Å². The molecule has 74 valence electrons. The third kappa shape index (κ3) is 4.32. The first-order valence-electron chi connectivity index (χ1n) is 4.75. The maximum Gasteiger partial charge on any atom is 0.0544 e. The van der Waals surface area contributed by atoms with Crippen molar-refractivity contribution in [2.45, 2.75) is 46.6 Å². The summed E-state index contributed by atoms with van der Waals surface area (Å²) in [6.45, 7) is 9.34. The summed E-state index contributed by atoms with van der Waals surface area (Å²) in [5.74, 6) is 0.680. The van der Waals surface area contributed by atoms with Gasteiger partial charge in [0.15, 0.2) is 0 Å². The number of alkyl halides is 1. The fraction of sp³-hybridized carbons (Fsp3) is 1.00. The van der Waals surface area contributed by atoms with E-state index in [4.69, 9.17) is 16.3 Å². The molecule has 0 aliphatic rings. The van der Waals surface area contributed by atoms with Gasteiger partial charge in [0, 0.05) is 11.3 Å². The minimum atomic E-state index is 0.158. The molecule has 0 spiro atoms. The van der Waals surface area contributed by atoms with E-state index in [9.17, 15) is 0 Å². The van der Waals surface area contributed by atoms with E-state index in [-0.39, 0.29) is 5.41 Å². The van der Waals surface area contributed by atoms with E-state index in [2.05, 4.69) is 27.7 Å². The van der Waals surface area contributed by atoms with Crippen molar-refractivity contribution in [2.75, 3.05) is 12.5 Å². The average Bonchev–Trinajstić information content (AvgIpc) is 2.13. The Bertz CT molecular complexity index is 110. The highest BCUT2D eigenvalue weighted by Gasteiger charge is 2.21. The maximum absolute atomic E-state index is 5.86. The van der Waals surface area contributed by atoms with E-state index in [1.165, 1.54) is 0 Å². The van der Waals surface area contributed by atoms with Crippen LogP contribution in [-0.2, 0) is 4.74 Å². The molecule has 0 aliphatic carbocycles. The molecule has 0 aromatic carbocycles. The summed E-state index contributed by atoms with van der Waals surface area (Å²) in [6, 6.07) is 0. The molecule has 0 aromatic rings. The van der Waals surface area contributed by atoms with Gasteiger partial charge in [-0.15, -0.1) is 11.6 Å². The Morgan fingerprint density at radius 2 is 2.00 bits per heavy atom. The smallest absolute Gasteiger partial charge is 0.0544 e. The van der Waals surface area contributed by atoms with Crippen molar-refractivity contribution in [1.82, 2.24) is 0 Å². The van der Waals surface area contributed by atoms with Gasteiger partial charge in [-0.1, -0.05) is 20.8 Å². The topological polar surface area (TPSA) is 9.23 Å². The molecule has 12 heavy (non-hydrogen) atoms. The molecule has 0 rings (SSSR count). The molecule has 0 fully saturated rings. The number of ether oxygens (including phenoxy) is 1. The van der Waals surface area contributed by atoms with Crippen LogP contribution in [0.5, 0.6) is 0 Å². The first-order chi connectivity index (χ1) is 5.58. The summed E-state index contributed by atoms with van der Waals surface area (Å²) in [4.78, 5) is 0. The molecular weight excluding hydrogens is 172 g/mol. The Kier molecular flexibility index (Phi) is 5.94. The first kappa shape index (κ1) is 12.2. The van der Waals surface area contributed by atoms with Gasteiger partial charge in [-0.2, -0.15) is 0 Å². The van der Waals surface area contributed by atoms with E-state index in [0.29, 0.717) is 12.0 Å². The van der Waals surface area contributed by atoms with Gasteiger partial charge in [0.2, 0.25) is 0 Å². The third-order valence-corrected chi connectivity index (χ3v) is 3.11. The van der Waals surface area contributed by atoms with Gasteiger partial charge in [-0.05, 0) is 19.8 Å². The van der Waals surface area contributed by atoms with E-state index < -0.39 is 0 Å². The second-order valence-corrected chi connectivity index (χ2v) is 4.09. The van der Waals surface area contributed by atoms with Crippen LogP contribution in [0.15, 0.2) is 0 Å². The molecule has 0 heterocycles. The normalized spacial score (nSPS) is 18.8. The lowest BCUT2D eigenvalue weighted by Crippen LogP contribution is -2.26. The largest absolute Gasteiger partial charge is 0.378 e. The van der Waals surface area contributed by atoms with Crippen LogP contribution in [0.4, 0.5) is 0 Å². The SMILES string of the molecule is CCC(C)OCC(C)(CC)CCl. The molecule has 2 atom stereocenters. The quantitative estimate of drug-likeness (QED) is 0.586. The third-order valence-electron chi connectivity index (χ3n) is 2.47. The van der Waals surface area contributed by atoms with Crippen molar-refractivity contribution in [3.63, 3.8) is 0 Å². The second-order valence-electron chi connectivity index (χ2n) is 3.83. The molecule has 2 unspecified atom stereocenters. The molecule has 0 saturated carbocycles. The zero-order valence-corrected chi connectivity index (χ0v) is 9.45. The predicted molar refractivity (Wildman–Crippen MR) is 54.8 cm³/mol. The van der Waals surface area contributed by atoms with Crippen LogP contribution in [0.25, 0.3) is 0 Å². The van der Waals surface area contributed by atoms with Gasteiger partial charge in [0.1, 0.15) is 0 Å². The molecule has 0 aliphatic heterocycles. The molecule has 1 nitrogen and oxygen atoms in total. The summed E-state index contributed by atoms with van der Waals surface area (Å²) >= 11 is 5.86. The van der Waals surface area contributed by atoms with Crippen molar-refractivity contribution >= 4 is 11.6 Å². The van der Waals surface area contributed by atoms with Gasteiger partial charge >= 0.3 is 0 Å². The van der Waals surface area contributed by atoms with Crippen LogP contribution in [0.2, 0.25) is 0 Å². The van der Waals surface area contributed by atoms with Gasteiger partial charge < -0.3 is 4.74 Å². The number of rotatable bonds is 6. The predicted octanol–water partition coefficient (Wildman–Crippen LogP) is 3.46. The van der Waals surface area contributed by atoms with Gasteiger partial charge in [0.25, 0.3) is 0 Å². The molecule has 0 bridgehead atoms. The molecule has 0 saturated heterocycles. The summed E-state index contributed by atoms with van der Waals surface area (Å²) in [7, 11) is 0. The van der Waals surface area contributed by atoms with E-state index >= 15 is 0 Å². The van der Waals surface area contributed by atoms with E-state index in [1.54, 1.807) is 0 Å². The molecule has 2 heteroatoms. The van der Waals surface area contributed by atoms with Crippen molar-refractivity contribution in [3.05, 3.63) is 0 Å². The lowest BCUT2D eigenvalue weighted by atomic mass is 9.91. The highest BCUT2D eigenvalue weighted by Crippen LogP contribution is 2.23. The Hall–Kier alpha value is 0.250. The van der Waals surface area contributed by atoms with E-state index in [0.717, 1.165) is 19.4 Å². The lowest BCUT2D eigenvalue weighted by Gasteiger charge is -2.26. The van der Waals surface area contributed by atoms with Crippen LogP contribution in [0.3, 0.4) is 0 Å². The van der Waals surface area contributed by atoms with Crippen molar-refractivity contribution < 1.29 is 4.74 Å². The average molecular weight is 193 g/mol. The molecule has 0 amide bonds. The number of hydrogen-bond donors (Lipinski definition) is 0. The standard InChI is InChI=1S/C10H21ClO/c1-5-9(3)12-8-10(4,6-2)7-11/h9H,5-8H2,1-4H3. The minimum Gasteiger partial charge on any atom is -0.378 e. The highest BCUT2D eigenvalue weighted by molar-refractivity contribution is 6.18. The minimum absolute atomic E-state index is 0.158. The Morgan fingerprint density at radius 3 is 2.33 bits per heavy atom. The van der Waals surface area contributed by atoms with Gasteiger partial charge in [-0.25, -0.2) is 0 Å². The number of hydrogen-bond acceptors (Lipinski definition) is 1. The number of halogens is 1. The zero-order chi connectivity index (χ0) is 9.61. The Morgan fingerprint density at radius 1 is 1.42 bits per heavy atom. The summed E-state index contributed by atoms with van der Waals surface area (Å²) < 4.78 is 5.65. The monoisotopic (exact) mass is 192 g/mol. The molecule has 0 aromatic heterocycles. The molecule has 0 radical (unpaired) electrons. The van der Waals surface area contributed by atoms with Gasteiger partial charge in [-0.3, -0.25) is 0 Å². The van der Waals surface area contributed by atoms with Crippen LogP contribution in [-0.4, -0.2) is 18.6 Å². The fourth-order valence-corrected chi connectivity index (χ4v) is 0.963. The first-order valence-corrected chi connectivity index (χ1v) is 5.29. The van der Waals surface area contributed by atoms with Crippen LogP contribution >= 0.6 is 11.6 Å². The molecule has 0 N–H and O–H groups in total. The lowest BCUT2D eigenvalue weighted by molar-refractivity contribution is 0.0106. The Labute approximate surface area is 81.4 Å². The van der Waals surface area contributed by atoms with E-state index in [1.807, 2.05) is 0 Å². The summed E-state index contributed by atoms with van der Waals surface area (Å²) in [5.41, 5.74) is 0.158. The Balaban J connectivity index is 3.72. The summed E-state index contributed by atoms with van der Waals surface area (Å²) in [6.07, 6.45) is 2.51. The fourth-order valence-electron chi connectivity index (χ4n) is 0.696. The molecular formula is C10H21ClO. The summed E-state index contributed by atoms with van der Waals surface area (Å²) in [5, 5.41) is 0. The zero-order valence-electron chi connectivity index (χ0n) is 8.69. The van der Waals surface area contributed by atoms with Crippen molar-refractivity contribution in [3.8, 4) is 0 Å². The van der Waals surface area contributed by atoms with Gasteiger partial charge in [0.05, 0.1) is 12.7 Å². The highest BCUT2D eigenvalue weighted by atomic mass is 35.5. The van der Waals surface area contributed by atoms with Crippen LogP contribution in [0, 0.1) is 5.41 Å². The maximum atomic E-state index is 5.86. The van der Waals surface area contributed by atoms with Crippen LogP contribution < -0.4 is 0 Å². The van der Waals surface area contributed by atoms with Crippen molar-refractivity contribution in [2.24, 2.45) is 5.41 Å². The van der Waals surface area contributed by atoms with Crippen molar-refractivity contribution in [1.29, 1.82) is 0 Å². The second kappa shape index (κ2) is 5.82.